The number of amides is 1. The van der Waals surface area contributed by atoms with Gasteiger partial charge in [-0.25, -0.2) is 10.1 Å². The molecular formula is C12H9N5O6. The molecular weight excluding hydrogens is 310 g/mol. The highest BCUT2D eigenvalue weighted by Crippen LogP contribution is 2.37. The summed E-state index contributed by atoms with van der Waals surface area (Å²) in [6.07, 6.45) is 1.13. The monoisotopic (exact) mass is 319 g/mol. The minimum absolute atomic E-state index is 0.0117. The van der Waals surface area contributed by atoms with Crippen molar-refractivity contribution in [3.63, 3.8) is 0 Å². The summed E-state index contributed by atoms with van der Waals surface area (Å²) in [6, 6.07) is 2.64. The molecule has 11 heteroatoms. The van der Waals surface area contributed by atoms with Crippen molar-refractivity contribution in [1.82, 2.24) is 15.7 Å². The number of carbonyl (C=O) groups is 1. The van der Waals surface area contributed by atoms with Crippen LogP contribution in [0, 0.1) is 17.0 Å². The molecule has 118 valence electrons. The highest BCUT2D eigenvalue weighted by atomic mass is 16.7. The normalized spacial score (nSPS) is 12.6. The van der Waals surface area contributed by atoms with E-state index in [4.69, 9.17) is 9.47 Å². The summed E-state index contributed by atoms with van der Waals surface area (Å²) in [4.78, 5) is 22.3. The van der Waals surface area contributed by atoms with Gasteiger partial charge in [0.05, 0.1) is 22.8 Å². The number of aromatic nitrogens is 2. The van der Waals surface area contributed by atoms with Gasteiger partial charge in [-0.2, -0.15) is 5.10 Å². The number of hydrogen-bond acceptors (Lipinski definition) is 9. The number of ether oxygens (including phenoxy) is 2. The number of hydrazone groups is 1. The lowest BCUT2D eigenvalue weighted by molar-refractivity contribution is -0.385. The average Bonchev–Trinajstić information content (AvgIpc) is 3.14. The van der Waals surface area contributed by atoms with E-state index in [1.807, 2.05) is 0 Å². The average molecular weight is 319 g/mol. The fourth-order valence-corrected chi connectivity index (χ4v) is 1.86. The zero-order valence-electron chi connectivity index (χ0n) is 11.7. The summed E-state index contributed by atoms with van der Waals surface area (Å²) in [5.74, 6) is -0.00880. The second kappa shape index (κ2) is 5.71. The van der Waals surface area contributed by atoms with Crippen LogP contribution in [-0.4, -0.2) is 34.2 Å². The first-order chi connectivity index (χ1) is 11.1. The smallest absolute Gasteiger partial charge is 0.295 e. The minimum atomic E-state index is -0.650. The maximum atomic E-state index is 11.8. The number of hydrogen-bond donors (Lipinski definition) is 1. The van der Waals surface area contributed by atoms with Crippen LogP contribution in [0.5, 0.6) is 11.5 Å². The fourth-order valence-electron chi connectivity index (χ4n) is 1.86. The van der Waals surface area contributed by atoms with Crippen molar-refractivity contribution in [2.75, 3.05) is 6.79 Å². The molecule has 1 aliphatic heterocycles. The lowest BCUT2D eigenvalue weighted by atomic mass is 10.1. The van der Waals surface area contributed by atoms with E-state index in [0.717, 1.165) is 6.21 Å². The molecule has 1 aliphatic rings. The third-order valence-corrected chi connectivity index (χ3v) is 2.96. The van der Waals surface area contributed by atoms with Crippen LogP contribution in [0.15, 0.2) is 21.9 Å². The molecule has 0 spiro atoms. The minimum Gasteiger partial charge on any atom is -0.454 e. The van der Waals surface area contributed by atoms with Crippen LogP contribution in [0.4, 0.5) is 5.69 Å². The third kappa shape index (κ3) is 2.79. The zero-order chi connectivity index (χ0) is 16.4. The highest BCUT2D eigenvalue weighted by Gasteiger charge is 2.22. The van der Waals surface area contributed by atoms with Crippen molar-refractivity contribution in [3.05, 3.63) is 39.2 Å². The molecule has 1 N–H and O–H groups in total. The Morgan fingerprint density at radius 1 is 1.39 bits per heavy atom. The Balaban J connectivity index is 1.81. The Morgan fingerprint density at radius 3 is 2.78 bits per heavy atom. The van der Waals surface area contributed by atoms with Crippen LogP contribution in [-0.2, 0) is 0 Å². The van der Waals surface area contributed by atoms with E-state index in [9.17, 15) is 14.9 Å². The van der Waals surface area contributed by atoms with Gasteiger partial charge < -0.3 is 9.47 Å². The topological polar surface area (TPSA) is 142 Å². The largest absolute Gasteiger partial charge is 0.454 e. The molecule has 2 aromatic rings. The Hall–Kier alpha value is -3.50. The molecule has 0 aliphatic carbocycles. The van der Waals surface area contributed by atoms with Crippen LogP contribution < -0.4 is 14.9 Å². The van der Waals surface area contributed by atoms with Crippen molar-refractivity contribution < 1.29 is 23.8 Å². The van der Waals surface area contributed by atoms with Gasteiger partial charge in [-0.15, -0.1) is 0 Å². The van der Waals surface area contributed by atoms with Gasteiger partial charge in [0, 0.05) is 0 Å². The molecule has 0 unspecified atom stereocenters. The first kappa shape index (κ1) is 14.4. The first-order valence-corrected chi connectivity index (χ1v) is 6.27. The molecule has 1 aromatic heterocycles. The van der Waals surface area contributed by atoms with Crippen molar-refractivity contribution in [2.45, 2.75) is 6.92 Å². The number of rotatable bonds is 4. The van der Waals surface area contributed by atoms with Gasteiger partial charge in [0.2, 0.25) is 6.79 Å². The molecule has 11 nitrogen and oxygen atoms in total. The number of aryl methyl sites for hydroxylation is 1. The van der Waals surface area contributed by atoms with E-state index in [1.165, 1.54) is 19.1 Å². The first-order valence-electron chi connectivity index (χ1n) is 6.27. The van der Waals surface area contributed by atoms with Crippen LogP contribution in [0.1, 0.15) is 21.7 Å². The molecule has 1 amide bonds. The van der Waals surface area contributed by atoms with Crippen LogP contribution >= 0.6 is 0 Å². The van der Waals surface area contributed by atoms with Crippen LogP contribution in [0.3, 0.4) is 0 Å². The number of nitrogens with one attached hydrogen (secondary N) is 1. The van der Waals surface area contributed by atoms with E-state index in [1.54, 1.807) is 0 Å². The lowest BCUT2D eigenvalue weighted by Gasteiger charge is -2.00. The van der Waals surface area contributed by atoms with Crippen LogP contribution in [0.2, 0.25) is 0 Å². The lowest BCUT2D eigenvalue weighted by Crippen LogP contribution is -2.19. The van der Waals surface area contributed by atoms with E-state index in [0.29, 0.717) is 11.4 Å². The third-order valence-electron chi connectivity index (χ3n) is 2.96. The maximum Gasteiger partial charge on any atom is 0.295 e. The molecule has 1 aromatic carbocycles. The molecule has 3 rings (SSSR count). The SMILES string of the molecule is Cc1nonc1C(=O)N/N=C\c1cc2c(cc1[N+](=O)[O-])OCO2. The number of nitro groups is 1. The van der Waals surface area contributed by atoms with Gasteiger partial charge in [-0.1, -0.05) is 5.16 Å². The molecule has 0 bridgehead atoms. The van der Waals surface area contributed by atoms with Gasteiger partial charge in [0.1, 0.15) is 5.69 Å². The second-order valence-corrected chi connectivity index (χ2v) is 4.42. The Bertz CT molecular complexity index is 814. The summed E-state index contributed by atoms with van der Waals surface area (Å²) in [5.41, 5.74) is 2.37. The molecule has 0 radical (unpaired) electrons. The predicted molar refractivity (Wildman–Crippen MR) is 73.3 cm³/mol. The van der Waals surface area contributed by atoms with E-state index in [-0.39, 0.29) is 29.5 Å². The summed E-state index contributed by atoms with van der Waals surface area (Å²) >= 11 is 0. The van der Waals surface area contributed by atoms with Gasteiger partial charge >= 0.3 is 0 Å². The number of fused-ring (bicyclic) bond motifs is 1. The van der Waals surface area contributed by atoms with Crippen LogP contribution in [0.25, 0.3) is 0 Å². The molecule has 0 saturated carbocycles. The standard InChI is InChI=1S/C12H9N5O6/c1-6-11(16-23-15-6)12(18)14-13-4-7-2-9-10(22-5-21-9)3-8(7)17(19)20/h2-4H,5H2,1H3,(H,14,18)/b13-4-. The summed E-state index contributed by atoms with van der Waals surface area (Å²) in [5, 5.41) is 21.6. The quantitative estimate of drug-likeness (QED) is 0.495. The second-order valence-electron chi connectivity index (χ2n) is 4.42. The van der Waals surface area contributed by atoms with E-state index < -0.39 is 10.8 Å². The maximum absolute atomic E-state index is 11.8. The number of nitrogens with zero attached hydrogens (tertiary/aromatic N) is 4. The van der Waals surface area contributed by atoms with Gasteiger partial charge in [0.15, 0.2) is 17.2 Å². The molecule has 2 heterocycles. The summed E-state index contributed by atoms with van der Waals surface area (Å²) in [7, 11) is 0. The van der Waals surface area contributed by atoms with Gasteiger partial charge in [-0.05, 0) is 18.1 Å². The van der Waals surface area contributed by atoms with Gasteiger partial charge in [0.25, 0.3) is 11.6 Å². The molecule has 23 heavy (non-hydrogen) atoms. The fraction of sp³-hybridized carbons (Fsp3) is 0.167. The number of benzene rings is 1. The van der Waals surface area contributed by atoms with E-state index >= 15 is 0 Å². The highest BCUT2D eigenvalue weighted by molar-refractivity contribution is 5.94. The Labute approximate surface area is 128 Å². The molecule has 0 atom stereocenters. The summed E-state index contributed by atoms with van der Waals surface area (Å²) in [6.45, 7) is 1.53. The molecule has 0 fully saturated rings. The number of nitro benzene ring substituents is 1. The Kier molecular flexibility index (Phi) is 3.58. The van der Waals surface area contributed by atoms with Crippen molar-refractivity contribution in [2.24, 2.45) is 5.10 Å². The van der Waals surface area contributed by atoms with Gasteiger partial charge in [-0.3, -0.25) is 14.9 Å². The van der Waals surface area contributed by atoms with Crippen molar-refractivity contribution in [1.29, 1.82) is 0 Å². The Morgan fingerprint density at radius 2 is 2.13 bits per heavy atom. The van der Waals surface area contributed by atoms with Crippen molar-refractivity contribution >= 4 is 17.8 Å². The zero-order valence-corrected chi connectivity index (χ0v) is 11.7. The molecule has 0 saturated heterocycles. The summed E-state index contributed by atoms with van der Waals surface area (Å²) < 4.78 is 14.6. The number of carbonyl (C=O) groups excluding carboxylic acids is 1. The predicted octanol–water partition coefficient (Wildman–Crippen LogP) is 0.779. The van der Waals surface area contributed by atoms with E-state index in [2.05, 4.69) is 25.5 Å². The van der Waals surface area contributed by atoms with Crippen molar-refractivity contribution in [3.8, 4) is 11.5 Å².